The zero-order valence-electron chi connectivity index (χ0n) is 8.91. The van der Waals surface area contributed by atoms with Crippen molar-refractivity contribution in [1.82, 2.24) is 9.97 Å². The monoisotopic (exact) mass is 207 g/mol. The molecule has 1 N–H and O–H groups in total. The first kappa shape index (κ1) is 10.2. The van der Waals surface area contributed by atoms with Gasteiger partial charge in [-0.3, -0.25) is 4.79 Å². The Hall–Kier alpha value is -1.32. The van der Waals surface area contributed by atoms with Gasteiger partial charge in [-0.25, -0.2) is 4.98 Å². The highest BCUT2D eigenvalue weighted by Gasteiger charge is 2.12. The zero-order valence-corrected chi connectivity index (χ0v) is 8.91. The van der Waals surface area contributed by atoms with Crippen molar-refractivity contribution in [3.63, 3.8) is 0 Å². The third-order valence-electron chi connectivity index (χ3n) is 2.84. The SMILES string of the molecule is O=c1[nH]ccnc1N1CCCCCCC1. The van der Waals surface area contributed by atoms with Crippen molar-refractivity contribution in [3.8, 4) is 0 Å². The summed E-state index contributed by atoms with van der Waals surface area (Å²) in [5.41, 5.74) is -0.0712. The van der Waals surface area contributed by atoms with Crippen LogP contribution in [0, 0.1) is 0 Å². The van der Waals surface area contributed by atoms with Crippen LogP contribution in [-0.2, 0) is 0 Å². The highest BCUT2D eigenvalue weighted by atomic mass is 16.1. The van der Waals surface area contributed by atoms with Gasteiger partial charge in [-0.2, -0.15) is 0 Å². The summed E-state index contributed by atoms with van der Waals surface area (Å²) in [5, 5.41) is 0. The first-order chi connectivity index (χ1) is 7.38. The molecule has 0 bridgehead atoms. The van der Waals surface area contributed by atoms with Crippen LogP contribution >= 0.6 is 0 Å². The van der Waals surface area contributed by atoms with Gasteiger partial charge in [0, 0.05) is 25.5 Å². The molecule has 82 valence electrons. The van der Waals surface area contributed by atoms with Gasteiger partial charge in [-0.05, 0) is 12.8 Å². The molecule has 0 saturated carbocycles. The molecular weight excluding hydrogens is 190 g/mol. The van der Waals surface area contributed by atoms with E-state index < -0.39 is 0 Å². The van der Waals surface area contributed by atoms with Crippen LogP contribution in [0.2, 0.25) is 0 Å². The summed E-state index contributed by atoms with van der Waals surface area (Å²) in [5.74, 6) is 0.583. The Bertz CT molecular complexity index is 353. The summed E-state index contributed by atoms with van der Waals surface area (Å²) < 4.78 is 0. The van der Waals surface area contributed by atoms with E-state index in [0.717, 1.165) is 25.9 Å². The summed E-state index contributed by atoms with van der Waals surface area (Å²) in [6.07, 6.45) is 9.41. The predicted molar refractivity (Wildman–Crippen MR) is 60.2 cm³/mol. The van der Waals surface area contributed by atoms with Crippen LogP contribution in [0.5, 0.6) is 0 Å². The van der Waals surface area contributed by atoms with Gasteiger partial charge in [0.15, 0.2) is 5.82 Å². The first-order valence-electron chi connectivity index (χ1n) is 5.66. The van der Waals surface area contributed by atoms with Crippen molar-refractivity contribution in [2.45, 2.75) is 32.1 Å². The minimum atomic E-state index is -0.0712. The molecule has 1 aromatic rings. The molecule has 0 unspecified atom stereocenters. The summed E-state index contributed by atoms with van der Waals surface area (Å²) in [6, 6.07) is 0. The lowest BCUT2D eigenvalue weighted by atomic mass is 10.1. The quantitative estimate of drug-likeness (QED) is 0.760. The fourth-order valence-corrected chi connectivity index (χ4v) is 2.03. The lowest BCUT2D eigenvalue weighted by Crippen LogP contribution is -2.32. The molecule has 0 spiro atoms. The molecule has 4 heteroatoms. The van der Waals surface area contributed by atoms with Crippen LogP contribution in [-0.4, -0.2) is 23.1 Å². The highest BCUT2D eigenvalue weighted by Crippen LogP contribution is 2.13. The van der Waals surface area contributed by atoms with E-state index in [1.807, 2.05) is 0 Å². The summed E-state index contributed by atoms with van der Waals surface area (Å²) >= 11 is 0. The van der Waals surface area contributed by atoms with Crippen LogP contribution in [0.25, 0.3) is 0 Å². The summed E-state index contributed by atoms with van der Waals surface area (Å²) in [4.78, 5) is 20.5. The van der Waals surface area contributed by atoms with Crippen LogP contribution in [0.4, 0.5) is 5.82 Å². The Balaban J connectivity index is 2.14. The molecule has 2 heterocycles. The van der Waals surface area contributed by atoms with Gasteiger partial charge >= 0.3 is 0 Å². The highest BCUT2D eigenvalue weighted by molar-refractivity contribution is 5.34. The number of nitrogens with zero attached hydrogens (tertiary/aromatic N) is 2. The number of aromatic amines is 1. The van der Waals surface area contributed by atoms with Gasteiger partial charge in [0.2, 0.25) is 0 Å². The second kappa shape index (κ2) is 4.96. The third-order valence-corrected chi connectivity index (χ3v) is 2.84. The van der Waals surface area contributed by atoms with Crippen LogP contribution in [0.15, 0.2) is 17.2 Å². The van der Waals surface area contributed by atoms with E-state index in [0.29, 0.717) is 5.82 Å². The molecule has 0 aromatic carbocycles. The Kier molecular flexibility index (Phi) is 3.37. The molecule has 15 heavy (non-hydrogen) atoms. The van der Waals surface area contributed by atoms with Crippen molar-refractivity contribution >= 4 is 5.82 Å². The normalized spacial score (nSPS) is 18.3. The molecule has 1 aromatic heterocycles. The minimum absolute atomic E-state index is 0.0712. The molecular formula is C11H17N3O. The average molecular weight is 207 g/mol. The van der Waals surface area contributed by atoms with E-state index in [1.54, 1.807) is 12.4 Å². The Morgan fingerprint density at radius 2 is 1.80 bits per heavy atom. The average Bonchev–Trinajstić information content (AvgIpc) is 2.19. The molecule has 0 radical (unpaired) electrons. The lowest BCUT2D eigenvalue weighted by Gasteiger charge is -2.24. The summed E-state index contributed by atoms with van der Waals surface area (Å²) in [6.45, 7) is 1.92. The number of rotatable bonds is 1. The van der Waals surface area contributed by atoms with Crippen molar-refractivity contribution < 1.29 is 0 Å². The van der Waals surface area contributed by atoms with E-state index in [9.17, 15) is 4.79 Å². The van der Waals surface area contributed by atoms with E-state index >= 15 is 0 Å². The number of anilines is 1. The van der Waals surface area contributed by atoms with E-state index in [-0.39, 0.29) is 5.56 Å². The second-order valence-electron chi connectivity index (χ2n) is 4.00. The Morgan fingerprint density at radius 1 is 1.13 bits per heavy atom. The topological polar surface area (TPSA) is 49.0 Å². The van der Waals surface area contributed by atoms with Crippen molar-refractivity contribution in [2.75, 3.05) is 18.0 Å². The Labute approximate surface area is 89.3 Å². The van der Waals surface area contributed by atoms with Crippen LogP contribution < -0.4 is 10.5 Å². The van der Waals surface area contributed by atoms with E-state index in [1.165, 1.54) is 19.3 Å². The predicted octanol–water partition coefficient (Wildman–Crippen LogP) is 1.54. The van der Waals surface area contributed by atoms with Crippen molar-refractivity contribution in [1.29, 1.82) is 0 Å². The van der Waals surface area contributed by atoms with Gasteiger partial charge in [-0.15, -0.1) is 0 Å². The van der Waals surface area contributed by atoms with Crippen LogP contribution in [0.3, 0.4) is 0 Å². The van der Waals surface area contributed by atoms with Crippen molar-refractivity contribution in [2.24, 2.45) is 0 Å². The molecule has 1 aliphatic heterocycles. The molecule has 0 amide bonds. The molecule has 4 nitrogen and oxygen atoms in total. The molecule has 1 fully saturated rings. The molecule has 0 atom stereocenters. The number of hydrogen-bond donors (Lipinski definition) is 1. The largest absolute Gasteiger partial charge is 0.352 e. The van der Waals surface area contributed by atoms with Gasteiger partial charge in [-0.1, -0.05) is 19.3 Å². The molecule has 1 saturated heterocycles. The molecule has 0 aliphatic carbocycles. The van der Waals surface area contributed by atoms with Crippen LogP contribution in [0.1, 0.15) is 32.1 Å². The Morgan fingerprint density at radius 3 is 2.47 bits per heavy atom. The van der Waals surface area contributed by atoms with E-state index in [2.05, 4.69) is 14.9 Å². The van der Waals surface area contributed by atoms with Gasteiger partial charge < -0.3 is 9.88 Å². The first-order valence-corrected chi connectivity index (χ1v) is 5.66. The van der Waals surface area contributed by atoms with Gasteiger partial charge in [0.05, 0.1) is 0 Å². The van der Waals surface area contributed by atoms with Crippen molar-refractivity contribution in [3.05, 3.63) is 22.7 Å². The number of hydrogen-bond acceptors (Lipinski definition) is 3. The molecule has 2 rings (SSSR count). The smallest absolute Gasteiger partial charge is 0.290 e. The van der Waals surface area contributed by atoms with Gasteiger partial charge in [0.25, 0.3) is 5.56 Å². The maximum Gasteiger partial charge on any atom is 0.290 e. The lowest BCUT2D eigenvalue weighted by molar-refractivity contribution is 0.552. The minimum Gasteiger partial charge on any atom is -0.352 e. The fourth-order valence-electron chi connectivity index (χ4n) is 2.03. The zero-order chi connectivity index (χ0) is 10.5. The maximum absolute atomic E-state index is 11.6. The third kappa shape index (κ3) is 2.58. The maximum atomic E-state index is 11.6. The number of H-pyrrole nitrogens is 1. The fraction of sp³-hybridized carbons (Fsp3) is 0.636. The summed E-state index contributed by atoms with van der Waals surface area (Å²) in [7, 11) is 0. The number of aromatic nitrogens is 2. The molecule has 1 aliphatic rings. The standard InChI is InChI=1S/C11H17N3O/c15-11-10(12-6-7-13-11)14-8-4-2-1-3-5-9-14/h6-7H,1-5,8-9H2,(H,13,15). The van der Waals surface area contributed by atoms with E-state index in [4.69, 9.17) is 0 Å². The van der Waals surface area contributed by atoms with Gasteiger partial charge in [0.1, 0.15) is 0 Å². The second-order valence-corrected chi connectivity index (χ2v) is 4.00. The number of nitrogens with one attached hydrogen (secondary N) is 1.